The van der Waals surface area contributed by atoms with E-state index in [1.165, 1.54) is 18.4 Å². The first-order valence-corrected chi connectivity index (χ1v) is 6.17. The first-order valence-electron chi connectivity index (χ1n) is 6.17. The molecular formula is C13H18N2O. The van der Waals surface area contributed by atoms with Gasteiger partial charge in [0.25, 0.3) is 0 Å². The fraction of sp³-hybridized carbons (Fsp3) is 0.615. The second-order valence-corrected chi connectivity index (χ2v) is 5.01. The molecule has 1 N–H and O–H groups in total. The van der Waals surface area contributed by atoms with Crippen molar-refractivity contribution in [2.45, 2.75) is 31.1 Å². The number of hydrogen-bond donors (Lipinski definition) is 1. The summed E-state index contributed by atoms with van der Waals surface area (Å²) in [5, 5.41) is 9.53. The molecule has 3 nitrogen and oxygen atoms in total. The Balaban J connectivity index is 1.97. The van der Waals surface area contributed by atoms with Crippen molar-refractivity contribution in [2.75, 3.05) is 24.6 Å². The van der Waals surface area contributed by atoms with Crippen LogP contribution in [0.3, 0.4) is 0 Å². The van der Waals surface area contributed by atoms with Crippen molar-refractivity contribution in [2.24, 2.45) is 0 Å². The second kappa shape index (κ2) is 3.74. The predicted molar refractivity (Wildman–Crippen MR) is 63.7 cm³/mol. The highest BCUT2D eigenvalue weighted by atomic mass is 16.3. The smallest absolute Gasteiger partial charge is 0.132 e. The Morgan fingerprint density at radius 1 is 1.31 bits per heavy atom. The average molecular weight is 218 g/mol. The maximum Gasteiger partial charge on any atom is 0.132 e. The van der Waals surface area contributed by atoms with Crippen molar-refractivity contribution in [1.82, 2.24) is 4.98 Å². The molecule has 2 heterocycles. The van der Waals surface area contributed by atoms with E-state index in [1.807, 2.05) is 12.3 Å². The van der Waals surface area contributed by atoms with E-state index in [9.17, 15) is 5.11 Å². The highest BCUT2D eigenvalue weighted by Gasteiger charge is 2.46. The fourth-order valence-electron chi connectivity index (χ4n) is 2.66. The van der Waals surface area contributed by atoms with E-state index in [2.05, 4.69) is 16.0 Å². The topological polar surface area (TPSA) is 36.4 Å². The first-order chi connectivity index (χ1) is 7.86. The molecule has 1 aromatic heterocycles. The van der Waals surface area contributed by atoms with E-state index in [0.29, 0.717) is 0 Å². The Bertz CT molecular complexity index is 381. The van der Waals surface area contributed by atoms with Gasteiger partial charge in [0, 0.05) is 30.3 Å². The minimum atomic E-state index is 0.0339. The molecule has 3 heteroatoms. The number of rotatable bonds is 3. The Hall–Kier alpha value is -1.09. The highest BCUT2D eigenvalue weighted by Crippen LogP contribution is 2.50. The van der Waals surface area contributed by atoms with Gasteiger partial charge < -0.3 is 10.0 Å². The van der Waals surface area contributed by atoms with Gasteiger partial charge in [0.1, 0.15) is 5.82 Å². The molecule has 0 unspecified atom stereocenters. The summed E-state index contributed by atoms with van der Waals surface area (Å²) < 4.78 is 0. The van der Waals surface area contributed by atoms with Crippen LogP contribution in [0.25, 0.3) is 0 Å². The van der Waals surface area contributed by atoms with Crippen LogP contribution < -0.4 is 4.90 Å². The van der Waals surface area contributed by atoms with Crippen LogP contribution in [0.4, 0.5) is 5.82 Å². The minimum Gasteiger partial charge on any atom is -0.395 e. The molecule has 0 aromatic carbocycles. The zero-order chi connectivity index (χ0) is 11.0. The number of hydrogen-bond acceptors (Lipinski definition) is 3. The van der Waals surface area contributed by atoms with Crippen LogP contribution in [0, 0.1) is 0 Å². The average Bonchev–Trinajstić information content (AvgIpc) is 2.95. The lowest BCUT2D eigenvalue weighted by Crippen LogP contribution is -2.24. The summed E-state index contributed by atoms with van der Waals surface area (Å²) in [6, 6.07) is 4.13. The maximum absolute atomic E-state index is 9.53. The minimum absolute atomic E-state index is 0.0339. The molecule has 0 atom stereocenters. The summed E-state index contributed by atoms with van der Waals surface area (Å²) >= 11 is 0. The molecule has 1 aliphatic carbocycles. The van der Waals surface area contributed by atoms with Gasteiger partial charge in [-0.1, -0.05) is 6.07 Å². The number of aliphatic hydroxyl groups excluding tert-OH is 1. The number of nitrogens with zero attached hydrogens (tertiary/aromatic N) is 2. The van der Waals surface area contributed by atoms with Crippen LogP contribution in [0.1, 0.15) is 31.2 Å². The van der Waals surface area contributed by atoms with Gasteiger partial charge in [0.05, 0.1) is 6.61 Å². The Labute approximate surface area is 96.1 Å². The molecule has 0 radical (unpaired) electrons. The van der Waals surface area contributed by atoms with Crippen molar-refractivity contribution < 1.29 is 5.11 Å². The Kier molecular flexibility index (Phi) is 2.36. The third-order valence-corrected chi connectivity index (χ3v) is 3.92. The van der Waals surface area contributed by atoms with Crippen LogP contribution >= 0.6 is 0 Å². The summed E-state index contributed by atoms with van der Waals surface area (Å²) in [6.45, 7) is 2.50. The zero-order valence-electron chi connectivity index (χ0n) is 9.52. The van der Waals surface area contributed by atoms with Gasteiger partial charge in [-0.3, -0.25) is 0 Å². The highest BCUT2D eigenvalue weighted by molar-refractivity contribution is 5.53. The maximum atomic E-state index is 9.53. The fourth-order valence-corrected chi connectivity index (χ4v) is 2.66. The summed E-state index contributed by atoms with van der Waals surface area (Å²) in [4.78, 5) is 6.90. The van der Waals surface area contributed by atoms with Crippen LogP contribution in [0.15, 0.2) is 18.3 Å². The van der Waals surface area contributed by atoms with Gasteiger partial charge >= 0.3 is 0 Å². The summed E-state index contributed by atoms with van der Waals surface area (Å²) in [5.74, 6) is 1.12. The van der Waals surface area contributed by atoms with Crippen molar-refractivity contribution in [1.29, 1.82) is 0 Å². The van der Waals surface area contributed by atoms with E-state index >= 15 is 0 Å². The largest absolute Gasteiger partial charge is 0.395 e. The molecule has 3 rings (SSSR count). The summed E-state index contributed by atoms with van der Waals surface area (Å²) in [6.07, 6.45) is 6.61. The summed E-state index contributed by atoms with van der Waals surface area (Å²) in [5.41, 5.74) is 1.30. The predicted octanol–water partition coefficient (Wildman–Crippen LogP) is 1.71. The van der Waals surface area contributed by atoms with Crippen LogP contribution in [-0.4, -0.2) is 29.8 Å². The lowest BCUT2D eigenvalue weighted by atomic mass is 9.97. The van der Waals surface area contributed by atoms with Gasteiger partial charge in [-0.25, -0.2) is 4.98 Å². The molecule has 0 amide bonds. The van der Waals surface area contributed by atoms with Crippen LogP contribution in [-0.2, 0) is 5.41 Å². The summed E-state index contributed by atoms with van der Waals surface area (Å²) in [7, 11) is 0. The quantitative estimate of drug-likeness (QED) is 0.839. The molecule has 86 valence electrons. The van der Waals surface area contributed by atoms with Gasteiger partial charge in [-0.2, -0.15) is 0 Å². The molecule has 1 saturated heterocycles. The Morgan fingerprint density at radius 3 is 2.69 bits per heavy atom. The van der Waals surface area contributed by atoms with Gasteiger partial charge in [-0.05, 0) is 31.7 Å². The number of pyridine rings is 1. The molecule has 1 aliphatic heterocycles. The van der Waals surface area contributed by atoms with Crippen molar-refractivity contribution >= 4 is 5.82 Å². The molecule has 0 bridgehead atoms. The van der Waals surface area contributed by atoms with E-state index in [-0.39, 0.29) is 12.0 Å². The third kappa shape index (κ3) is 1.50. The van der Waals surface area contributed by atoms with E-state index < -0.39 is 0 Å². The normalized spacial score (nSPS) is 22.4. The van der Waals surface area contributed by atoms with Crippen LogP contribution in [0.5, 0.6) is 0 Å². The number of aliphatic hydroxyl groups is 1. The lowest BCUT2D eigenvalue weighted by Gasteiger charge is -2.23. The monoisotopic (exact) mass is 218 g/mol. The molecule has 2 aliphatic rings. The SMILES string of the molecule is OCC1(c2cccnc2N2CCCC2)CC1. The van der Waals surface area contributed by atoms with E-state index in [1.54, 1.807) is 0 Å². The van der Waals surface area contributed by atoms with Crippen molar-refractivity contribution in [3.63, 3.8) is 0 Å². The molecule has 2 fully saturated rings. The molecular weight excluding hydrogens is 200 g/mol. The Morgan fingerprint density at radius 2 is 2.06 bits per heavy atom. The number of aromatic nitrogens is 1. The molecule has 16 heavy (non-hydrogen) atoms. The first kappa shape index (κ1) is 10.1. The van der Waals surface area contributed by atoms with Gasteiger partial charge in [0.2, 0.25) is 0 Å². The zero-order valence-corrected chi connectivity index (χ0v) is 9.52. The van der Waals surface area contributed by atoms with Crippen LogP contribution in [0.2, 0.25) is 0 Å². The van der Waals surface area contributed by atoms with Gasteiger partial charge in [-0.15, -0.1) is 0 Å². The number of anilines is 1. The second-order valence-electron chi connectivity index (χ2n) is 5.01. The van der Waals surface area contributed by atoms with Crippen molar-refractivity contribution in [3.05, 3.63) is 23.9 Å². The molecule has 1 saturated carbocycles. The van der Waals surface area contributed by atoms with Gasteiger partial charge in [0.15, 0.2) is 0 Å². The standard InChI is InChI=1S/C13H18N2O/c16-10-13(5-6-13)11-4-3-7-14-12(11)15-8-1-2-9-15/h3-4,7,16H,1-2,5-6,8-10H2. The van der Waals surface area contributed by atoms with E-state index in [4.69, 9.17) is 0 Å². The third-order valence-electron chi connectivity index (χ3n) is 3.92. The lowest BCUT2D eigenvalue weighted by molar-refractivity contribution is 0.255. The molecule has 0 spiro atoms. The van der Waals surface area contributed by atoms with E-state index in [0.717, 1.165) is 31.7 Å². The van der Waals surface area contributed by atoms with Crippen molar-refractivity contribution in [3.8, 4) is 0 Å². The molecule has 1 aromatic rings.